The van der Waals surface area contributed by atoms with E-state index < -0.39 is 26.5 Å². The third kappa shape index (κ3) is 69.9. The Morgan fingerprint density at radius 3 is 1.00 bits per heavy atom. The van der Waals surface area contributed by atoms with Gasteiger partial charge in [-0.15, -0.1) is 0 Å². The molecule has 0 aromatic carbocycles. The van der Waals surface area contributed by atoms with Crippen molar-refractivity contribution in [2.24, 2.45) is 0 Å². The number of nitrogens with zero attached hydrogens (tertiary/aromatic N) is 1. The van der Waals surface area contributed by atoms with Crippen LogP contribution in [0.1, 0.15) is 316 Å². The third-order valence-electron chi connectivity index (χ3n) is 15.4. The number of hydrogen-bond donors (Lipinski definition) is 0. The van der Waals surface area contributed by atoms with Crippen molar-refractivity contribution in [3.05, 3.63) is 97.2 Å². The van der Waals surface area contributed by atoms with Gasteiger partial charge in [-0.1, -0.05) is 323 Å². The Morgan fingerprint density at radius 2 is 0.671 bits per heavy atom. The van der Waals surface area contributed by atoms with Crippen molar-refractivity contribution in [3.8, 4) is 0 Å². The van der Waals surface area contributed by atoms with E-state index in [0.29, 0.717) is 17.4 Å². The minimum absolute atomic E-state index is 0.0397. The maximum Gasteiger partial charge on any atom is 0.306 e. The summed E-state index contributed by atoms with van der Waals surface area (Å²) in [5.41, 5.74) is 0. The Balaban J connectivity index is 4.09. The Hall–Kier alpha value is -3.07. The number of quaternary nitrogens is 1. The molecule has 0 saturated carbocycles. The molecule has 0 N–H and O–H groups in total. The minimum atomic E-state index is -4.65. The van der Waals surface area contributed by atoms with Gasteiger partial charge in [0.15, 0.2) is 6.10 Å². The van der Waals surface area contributed by atoms with Crippen LogP contribution in [0.5, 0.6) is 0 Å². The highest BCUT2D eigenvalue weighted by Gasteiger charge is 2.22. The number of phosphoric acid groups is 1. The van der Waals surface area contributed by atoms with Crippen LogP contribution in [-0.4, -0.2) is 70.0 Å². The van der Waals surface area contributed by atoms with Crippen LogP contribution >= 0.6 is 7.82 Å². The van der Waals surface area contributed by atoms with Gasteiger partial charge in [0, 0.05) is 12.8 Å². The maximum atomic E-state index is 12.8. The van der Waals surface area contributed by atoms with Gasteiger partial charge < -0.3 is 27.9 Å². The summed E-state index contributed by atoms with van der Waals surface area (Å²) >= 11 is 0. The summed E-state index contributed by atoms with van der Waals surface area (Å²) < 4.78 is 34.3. The van der Waals surface area contributed by atoms with Crippen molar-refractivity contribution in [1.29, 1.82) is 0 Å². The van der Waals surface area contributed by atoms with Gasteiger partial charge >= 0.3 is 11.9 Å². The molecule has 2 unspecified atom stereocenters. The molecule has 0 radical (unpaired) electrons. The zero-order valence-corrected chi connectivity index (χ0v) is 56.9. The minimum Gasteiger partial charge on any atom is -0.756 e. The van der Waals surface area contributed by atoms with Crippen LogP contribution in [0.3, 0.4) is 0 Å². The highest BCUT2D eigenvalue weighted by molar-refractivity contribution is 7.45. The highest BCUT2D eigenvalue weighted by Crippen LogP contribution is 2.38. The zero-order chi connectivity index (χ0) is 61.9. The van der Waals surface area contributed by atoms with Gasteiger partial charge in [-0.2, -0.15) is 0 Å². The molecule has 492 valence electrons. The first kappa shape index (κ1) is 81.9. The van der Waals surface area contributed by atoms with E-state index in [9.17, 15) is 19.0 Å². The van der Waals surface area contributed by atoms with Crippen LogP contribution in [0.4, 0.5) is 0 Å². The molecule has 0 heterocycles. The number of esters is 2. The van der Waals surface area contributed by atoms with Crippen molar-refractivity contribution >= 4 is 19.8 Å². The average molecular weight is 1210 g/mol. The standard InChI is InChI=1S/C75H134NO8P/c1-6-8-10-12-14-16-18-20-22-24-26-28-30-32-34-36-37-38-40-41-43-45-47-49-51-53-55-57-59-61-63-65-67-74(77)81-71-73(72-83-85(79,80)82-70-69-76(3,4)5)84-75(78)68-66-64-62-60-58-56-54-52-50-48-46-44-42-39-35-33-31-29-27-25-23-21-19-17-15-13-11-9-7-2/h9,11,15,17,21,23,27,29,33,35,42,44,48,50,54,56,73H,6-8,10,12-14,16,18-20,22,24-26,28,30-32,34,36-41,43,45-47,49,51-53,55,57-72H2,1-5H3/b11-9-,17-15-,23-21-,29-27-,35-33-,44-42-,50-48-,56-54-. The van der Waals surface area contributed by atoms with E-state index in [2.05, 4.69) is 111 Å². The molecule has 0 aliphatic rings. The van der Waals surface area contributed by atoms with Crippen molar-refractivity contribution in [3.63, 3.8) is 0 Å². The fourth-order valence-electron chi connectivity index (χ4n) is 9.97. The largest absolute Gasteiger partial charge is 0.756 e. The number of carbonyl (C=O) groups excluding carboxylic acids is 2. The fourth-order valence-corrected chi connectivity index (χ4v) is 10.7. The average Bonchev–Trinajstić information content (AvgIpc) is 3.50. The van der Waals surface area contributed by atoms with Crippen molar-refractivity contribution in [2.45, 2.75) is 322 Å². The van der Waals surface area contributed by atoms with Gasteiger partial charge in [-0.05, 0) is 77.0 Å². The number of likely N-dealkylation sites (N-methyl/N-ethyl adjacent to an activating group) is 1. The molecule has 2 atom stereocenters. The summed E-state index contributed by atoms with van der Waals surface area (Å²) in [4.78, 5) is 38.1. The molecule has 0 spiro atoms. The van der Waals surface area contributed by atoms with Gasteiger partial charge in [0.2, 0.25) is 0 Å². The summed E-state index contributed by atoms with van der Waals surface area (Å²) in [6.07, 6.45) is 90.7. The van der Waals surface area contributed by atoms with Crippen LogP contribution in [0, 0.1) is 0 Å². The Morgan fingerprint density at radius 1 is 0.376 bits per heavy atom. The lowest BCUT2D eigenvalue weighted by Crippen LogP contribution is -2.37. The second kappa shape index (κ2) is 65.4. The van der Waals surface area contributed by atoms with E-state index in [-0.39, 0.29) is 32.0 Å². The Kier molecular flexibility index (Phi) is 63.0. The molecule has 0 saturated heterocycles. The zero-order valence-electron chi connectivity index (χ0n) is 56.0. The predicted octanol–water partition coefficient (Wildman–Crippen LogP) is 22.5. The number of hydrogen-bond acceptors (Lipinski definition) is 8. The van der Waals surface area contributed by atoms with E-state index in [0.717, 1.165) is 96.3 Å². The molecule has 0 amide bonds. The normalized spacial score (nSPS) is 13.7. The van der Waals surface area contributed by atoms with E-state index in [1.165, 1.54) is 186 Å². The lowest BCUT2D eigenvalue weighted by molar-refractivity contribution is -0.870. The Labute approximate surface area is 525 Å². The molecule has 0 aromatic heterocycles. The summed E-state index contributed by atoms with van der Waals surface area (Å²) in [5.74, 6) is -0.856. The van der Waals surface area contributed by atoms with Gasteiger partial charge in [-0.3, -0.25) is 14.2 Å². The molecule has 0 bridgehead atoms. The molecule has 0 aromatic rings. The van der Waals surface area contributed by atoms with E-state index >= 15 is 0 Å². The summed E-state index contributed by atoms with van der Waals surface area (Å²) in [7, 11) is 1.15. The summed E-state index contributed by atoms with van der Waals surface area (Å²) in [5, 5.41) is 0. The van der Waals surface area contributed by atoms with Crippen molar-refractivity contribution in [2.75, 3.05) is 47.5 Å². The van der Waals surface area contributed by atoms with Gasteiger partial charge in [0.05, 0.1) is 27.7 Å². The lowest BCUT2D eigenvalue weighted by atomic mass is 10.0. The second-order valence-electron chi connectivity index (χ2n) is 24.9. The summed E-state index contributed by atoms with van der Waals surface area (Å²) in [6, 6.07) is 0. The molecule has 0 aliphatic carbocycles. The lowest BCUT2D eigenvalue weighted by Gasteiger charge is -2.28. The van der Waals surface area contributed by atoms with Crippen LogP contribution < -0.4 is 4.89 Å². The third-order valence-corrected chi connectivity index (χ3v) is 16.3. The van der Waals surface area contributed by atoms with Crippen LogP contribution in [0.25, 0.3) is 0 Å². The number of carbonyl (C=O) groups is 2. The number of allylic oxidation sites excluding steroid dienone is 16. The van der Waals surface area contributed by atoms with Gasteiger partial charge in [0.25, 0.3) is 7.82 Å². The van der Waals surface area contributed by atoms with Crippen molar-refractivity contribution in [1.82, 2.24) is 0 Å². The molecule has 85 heavy (non-hydrogen) atoms. The summed E-state index contributed by atoms with van der Waals surface area (Å²) in [6.45, 7) is 4.13. The molecule has 0 aliphatic heterocycles. The molecular weight excluding hydrogens is 1070 g/mol. The predicted molar refractivity (Wildman–Crippen MR) is 365 cm³/mol. The first-order valence-electron chi connectivity index (χ1n) is 35.4. The van der Waals surface area contributed by atoms with Gasteiger partial charge in [0.1, 0.15) is 19.8 Å². The second-order valence-corrected chi connectivity index (χ2v) is 26.3. The monoisotopic (exact) mass is 1210 g/mol. The van der Waals surface area contributed by atoms with Crippen LogP contribution in [0.15, 0.2) is 97.2 Å². The number of ether oxygens (including phenoxy) is 2. The van der Waals surface area contributed by atoms with Gasteiger partial charge in [-0.25, -0.2) is 0 Å². The molecular formula is C75H134NO8P. The maximum absolute atomic E-state index is 12.8. The quantitative estimate of drug-likeness (QED) is 0.0195. The first-order chi connectivity index (χ1) is 41.5. The topological polar surface area (TPSA) is 111 Å². The Bertz CT molecular complexity index is 1760. The fraction of sp³-hybridized carbons (Fsp3) is 0.760. The highest BCUT2D eigenvalue weighted by atomic mass is 31.2. The molecule has 10 heteroatoms. The first-order valence-corrected chi connectivity index (χ1v) is 36.9. The van der Waals surface area contributed by atoms with Crippen molar-refractivity contribution < 1.29 is 42.1 Å². The number of unbranched alkanes of at least 4 members (excludes halogenated alkanes) is 35. The number of phosphoric ester groups is 1. The SMILES string of the molecule is CC/C=C\C/C=C\C/C=C\C/C=C\C/C=C\C/C=C\C/C=C\C/C=C\CCCCCCC(=O)OC(COC(=O)CCCCCCCCCCCCCCCCCCCCCCCCCCCCCCCCCC)COP(=O)([O-])OCC[N+](C)(C)C. The number of rotatable bonds is 65. The van der Waals surface area contributed by atoms with Crippen LogP contribution in [-0.2, 0) is 32.7 Å². The van der Waals surface area contributed by atoms with E-state index in [4.69, 9.17) is 18.5 Å². The molecule has 0 rings (SSSR count). The van der Waals surface area contributed by atoms with E-state index in [1.807, 2.05) is 21.1 Å². The van der Waals surface area contributed by atoms with E-state index in [1.54, 1.807) is 0 Å². The molecule has 9 nitrogen and oxygen atoms in total. The molecule has 0 fully saturated rings. The smallest absolute Gasteiger partial charge is 0.306 e. The van der Waals surface area contributed by atoms with Crippen LogP contribution in [0.2, 0.25) is 0 Å².